The molecule has 1 heterocycles. The van der Waals surface area contributed by atoms with Gasteiger partial charge in [0.2, 0.25) is 0 Å². The highest BCUT2D eigenvalue weighted by atomic mass is 16.4. The Morgan fingerprint density at radius 3 is 2.44 bits per heavy atom. The molecule has 0 aromatic rings. The Morgan fingerprint density at radius 1 is 1.33 bits per heavy atom. The first-order chi connectivity index (χ1) is 8.50. The van der Waals surface area contributed by atoms with Crippen molar-refractivity contribution >= 4 is 11.9 Å². The summed E-state index contributed by atoms with van der Waals surface area (Å²) in [6, 6.07) is 0. The zero-order valence-electron chi connectivity index (χ0n) is 10.3. The Bertz CT molecular complexity index is 434. The topological polar surface area (TPSA) is 77.8 Å². The van der Waals surface area contributed by atoms with Crippen LogP contribution in [0.5, 0.6) is 0 Å². The van der Waals surface area contributed by atoms with Gasteiger partial charge < -0.3 is 10.2 Å². The lowest BCUT2D eigenvalue weighted by atomic mass is 9.75. The molecule has 0 radical (unpaired) electrons. The number of carbonyl (C=O) groups is 2. The van der Waals surface area contributed by atoms with E-state index in [1.807, 2.05) is 4.90 Å². The molecule has 2 aliphatic rings. The van der Waals surface area contributed by atoms with E-state index >= 15 is 0 Å². The van der Waals surface area contributed by atoms with E-state index in [0.717, 1.165) is 12.8 Å². The van der Waals surface area contributed by atoms with Crippen molar-refractivity contribution < 1.29 is 19.8 Å². The number of carboxylic acids is 2. The Balaban J connectivity index is 2.43. The van der Waals surface area contributed by atoms with Crippen LogP contribution in [0.1, 0.15) is 19.8 Å². The quantitative estimate of drug-likeness (QED) is 0.786. The van der Waals surface area contributed by atoms with Gasteiger partial charge in [-0.2, -0.15) is 0 Å². The standard InChI is InChI=1S/C13H17NO4/c1-9-10(11(15)16)5-4-6-13(9,12(17)18)14-7-2-3-8-14/h4-6,9H,2-3,7-8H2,1H3,(H,15,16)(H,17,18). The van der Waals surface area contributed by atoms with Crippen LogP contribution >= 0.6 is 0 Å². The molecule has 2 N–H and O–H groups in total. The van der Waals surface area contributed by atoms with Gasteiger partial charge in [-0.1, -0.05) is 25.2 Å². The number of hydrogen-bond acceptors (Lipinski definition) is 3. The van der Waals surface area contributed by atoms with Gasteiger partial charge in [-0.15, -0.1) is 0 Å². The molecule has 18 heavy (non-hydrogen) atoms. The zero-order chi connectivity index (χ0) is 13.3. The fourth-order valence-electron chi connectivity index (χ4n) is 2.94. The van der Waals surface area contributed by atoms with Crippen LogP contribution in [0.15, 0.2) is 23.8 Å². The molecule has 5 heteroatoms. The van der Waals surface area contributed by atoms with Crippen molar-refractivity contribution in [1.82, 2.24) is 4.90 Å². The molecular formula is C13H17NO4. The minimum absolute atomic E-state index is 0.159. The molecular weight excluding hydrogens is 234 g/mol. The van der Waals surface area contributed by atoms with Crippen LogP contribution in [0.2, 0.25) is 0 Å². The molecule has 1 saturated heterocycles. The second kappa shape index (κ2) is 4.57. The van der Waals surface area contributed by atoms with Crippen molar-refractivity contribution in [3.8, 4) is 0 Å². The normalized spacial score (nSPS) is 32.3. The number of likely N-dealkylation sites (tertiary alicyclic amines) is 1. The van der Waals surface area contributed by atoms with Gasteiger partial charge in [0.25, 0.3) is 0 Å². The number of allylic oxidation sites excluding steroid dienone is 2. The number of rotatable bonds is 3. The fourth-order valence-corrected chi connectivity index (χ4v) is 2.94. The Hall–Kier alpha value is -1.62. The molecule has 1 aliphatic carbocycles. The van der Waals surface area contributed by atoms with Crippen molar-refractivity contribution in [1.29, 1.82) is 0 Å². The lowest BCUT2D eigenvalue weighted by Crippen LogP contribution is -2.58. The SMILES string of the molecule is CC1C(C(=O)O)=CC=CC1(C(=O)O)N1CCCC1. The Morgan fingerprint density at radius 2 is 1.94 bits per heavy atom. The highest BCUT2D eigenvalue weighted by Crippen LogP contribution is 2.37. The Kier molecular flexibility index (Phi) is 3.26. The predicted octanol–water partition coefficient (Wildman–Crippen LogP) is 1.12. The van der Waals surface area contributed by atoms with E-state index in [4.69, 9.17) is 5.11 Å². The van der Waals surface area contributed by atoms with E-state index < -0.39 is 23.4 Å². The van der Waals surface area contributed by atoms with Gasteiger partial charge in [0, 0.05) is 11.5 Å². The third kappa shape index (κ3) is 1.75. The maximum absolute atomic E-state index is 11.7. The van der Waals surface area contributed by atoms with Gasteiger partial charge >= 0.3 is 11.9 Å². The van der Waals surface area contributed by atoms with Crippen molar-refractivity contribution in [3.05, 3.63) is 23.8 Å². The first-order valence-electron chi connectivity index (χ1n) is 6.11. The van der Waals surface area contributed by atoms with Gasteiger partial charge in [-0.05, 0) is 25.9 Å². The number of nitrogens with zero attached hydrogens (tertiary/aromatic N) is 1. The van der Waals surface area contributed by atoms with E-state index in [0.29, 0.717) is 13.1 Å². The molecule has 98 valence electrons. The molecule has 2 rings (SSSR count). The molecule has 0 spiro atoms. The van der Waals surface area contributed by atoms with E-state index in [2.05, 4.69) is 0 Å². The number of hydrogen-bond donors (Lipinski definition) is 2. The van der Waals surface area contributed by atoms with Crippen LogP contribution in [0.4, 0.5) is 0 Å². The smallest absolute Gasteiger partial charge is 0.331 e. The lowest BCUT2D eigenvalue weighted by Gasteiger charge is -2.42. The van der Waals surface area contributed by atoms with Gasteiger partial charge in [0.1, 0.15) is 5.54 Å². The van der Waals surface area contributed by atoms with Crippen LogP contribution in [0, 0.1) is 5.92 Å². The molecule has 0 aromatic heterocycles. The van der Waals surface area contributed by atoms with Gasteiger partial charge in [0.15, 0.2) is 0 Å². The second-order valence-electron chi connectivity index (χ2n) is 4.83. The van der Waals surface area contributed by atoms with Crippen LogP contribution < -0.4 is 0 Å². The molecule has 0 saturated carbocycles. The lowest BCUT2D eigenvalue weighted by molar-refractivity contribution is -0.150. The Labute approximate surface area is 105 Å². The van der Waals surface area contributed by atoms with Gasteiger partial charge in [-0.25, -0.2) is 9.59 Å². The van der Waals surface area contributed by atoms with Crippen LogP contribution in [0.3, 0.4) is 0 Å². The van der Waals surface area contributed by atoms with E-state index in [1.54, 1.807) is 19.1 Å². The van der Waals surface area contributed by atoms with E-state index in [9.17, 15) is 14.7 Å². The summed E-state index contributed by atoms with van der Waals surface area (Å²) >= 11 is 0. The van der Waals surface area contributed by atoms with Crippen LogP contribution in [0.25, 0.3) is 0 Å². The van der Waals surface area contributed by atoms with Gasteiger partial charge in [0.05, 0.1) is 0 Å². The largest absolute Gasteiger partial charge is 0.480 e. The summed E-state index contributed by atoms with van der Waals surface area (Å²) in [5.74, 6) is -2.58. The summed E-state index contributed by atoms with van der Waals surface area (Å²) in [6.45, 7) is 3.08. The summed E-state index contributed by atoms with van der Waals surface area (Å²) in [4.78, 5) is 24.8. The predicted molar refractivity (Wildman–Crippen MR) is 65.2 cm³/mol. The average molecular weight is 251 g/mol. The van der Waals surface area contributed by atoms with Gasteiger partial charge in [-0.3, -0.25) is 4.90 Å². The van der Waals surface area contributed by atoms with Crippen LogP contribution in [-0.4, -0.2) is 45.7 Å². The van der Waals surface area contributed by atoms with E-state index in [-0.39, 0.29) is 5.57 Å². The first kappa shape index (κ1) is 12.8. The minimum atomic E-state index is -1.21. The highest BCUT2D eigenvalue weighted by Gasteiger charge is 2.50. The summed E-state index contributed by atoms with van der Waals surface area (Å²) in [5, 5.41) is 18.8. The molecule has 0 amide bonds. The maximum Gasteiger partial charge on any atom is 0.331 e. The molecule has 1 fully saturated rings. The molecule has 0 bridgehead atoms. The zero-order valence-corrected chi connectivity index (χ0v) is 10.3. The first-order valence-corrected chi connectivity index (χ1v) is 6.11. The monoisotopic (exact) mass is 251 g/mol. The number of carboxylic acid groups (broad SMARTS) is 2. The third-order valence-corrected chi connectivity index (χ3v) is 3.97. The summed E-state index contributed by atoms with van der Waals surface area (Å²) in [7, 11) is 0. The highest BCUT2D eigenvalue weighted by molar-refractivity contribution is 5.92. The summed E-state index contributed by atoms with van der Waals surface area (Å²) in [6.07, 6.45) is 6.58. The summed E-state index contributed by atoms with van der Waals surface area (Å²) in [5.41, 5.74) is -1.05. The molecule has 5 nitrogen and oxygen atoms in total. The minimum Gasteiger partial charge on any atom is -0.480 e. The fraction of sp³-hybridized carbons (Fsp3) is 0.538. The number of aliphatic carboxylic acids is 2. The third-order valence-electron chi connectivity index (χ3n) is 3.97. The van der Waals surface area contributed by atoms with E-state index in [1.165, 1.54) is 6.08 Å². The van der Waals surface area contributed by atoms with Crippen molar-refractivity contribution in [2.75, 3.05) is 13.1 Å². The van der Waals surface area contributed by atoms with Crippen LogP contribution in [-0.2, 0) is 9.59 Å². The molecule has 2 atom stereocenters. The summed E-state index contributed by atoms with van der Waals surface area (Å²) < 4.78 is 0. The van der Waals surface area contributed by atoms with Crippen molar-refractivity contribution in [3.63, 3.8) is 0 Å². The van der Waals surface area contributed by atoms with Crippen molar-refractivity contribution in [2.45, 2.75) is 25.3 Å². The molecule has 1 aliphatic heterocycles. The molecule has 0 aromatic carbocycles. The van der Waals surface area contributed by atoms with Crippen molar-refractivity contribution in [2.24, 2.45) is 5.92 Å². The second-order valence-corrected chi connectivity index (χ2v) is 4.83. The average Bonchev–Trinajstić information content (AvgIpc) is 2.82. The maximum atomic E-state index is 11.7. The molecule has 2 unspecified atom stereocenters.